The smallest absolute Gasteiger partial charge is 0.337 e. The summed E-state index contributed by atoms with van der Waals surface area (Å²) in [5.74, 6) is -0.916. The standard InChI is InChI=1S/C11H14NO2/c1-2-3-8-12-10-7-5-4-6-9(10)11(13)14/h4-7H,2-3,8H2,1H3,(H,13,14). The number of unbranched alkanes of at least 4 members (excludes halogenated alkanes) is 1. The molecule has 75 valence electrons. The van der Waals surface area contributed by atoms with Crippen molar-refractivity contribution in [3.05, 3.63) is 29.8 Å². The lowest BCUT2D eigenvalue weighted by Gasteiger charge is -2.05. The molecular weight excluding hydrogens is 178 g/mol. The van der Waals surface area contributed by atoms with Crippen molar-refractivity contribution >= 4 is 11.7 Å². The molecule has 1 rings (SSSR count). The van der Waals surface area contributed by atoms with Crippen LogP contribution in [0.2, 0.25) is 0 Å². The largest absolute Gasteiger partial charge is 0.478 e. The van der Waals surface area contributed by atoms with Crippen molar-refractivity contribution in [1.29, 1.82) is 0 Å². The van der Waals surface area contributed by atoms with Gasteiger partial charge in [0.25, 0.3) is 0 Å². The van der Waals surface area contributed by atoms with Crippen molar-refractivity contribution in [2.75, 3.05) is 6.54 Å². The molecule has 0 heterocycles. The highest BCUT2D eigenvalue weighted by Crippen LogP contribution is 2.14. The van der Waals surface area contributed by atoms with E-state index in [1.54, 1.807) is 24.3 Å². The van der Waals surface area contributed by atoms with Gasteiger partial charge in [0.2, 0.25) is 0 Å². The molecule has 0 aliphatic carbocycles. The number of hydrogen-bond donors (Lipinski definition) is 1. The Balaban J connectivity index is 2.69. The van der Waals surface area contributed by atoms with Gasteiger partial charge in [0.05, 0.1) is 11.3 Å². The molecule has 3 heteroatoms. The molecule has 0 bridgehead atoms. The number of carboxylic acids is 1. The first-order chi connectivity index (χ1) is 6.75. The summed E-state index contributed by atoms with van der Waals surface area (Å²) in [6.45, 7) is 2.78. The Morgan fingerprint density at radius 2 is 2.14 bits per heavy atom. The van der Waals surface area contributed by atoms with Crippen LogP contribution in [0.1, 0.15) is 30.1 Å². The van der Waals surface area contributed by atoms with Gasteiger partial charge < -0.3 is 5.11 Å². The Kier molecular flexibility index (Phi) is 3.98. The molecule has 0 aliphatic rings. The molecule has 0 amide bonds. The second-order valence-electron chi connectivity index (χ2n) is 3.06. The molecule has 3 nitrogen and oxygen atoms in total. The summed E-state index contributed by atoms with van der Waals surface area (Å²) in [5.41, 5.74) is 0.858. The molecule has 1 radical (unpaired) electrons. The summed E-state index contributed by atoms with van der Waals surface area (Å²) in [7, 11) is 0. The summed E-state index contributed by atoms with van der Waals surface area (Å²) >= 11 is 0. The zero-order chi connectivity index (χ0) is 10.4. The summed E-state index contributed by atoms with van der Waals surface area (Å²) < 4.78 is 0. The van der Waals surface area contributed by atoms with Crippen LogP contribution in [0, 0.1) is 0 Å². The first kappa shape index (κ1) is 10.6. The van der Waals surface area contributed by atoms with Crippen LogP contribution in [-0.2, 0) is 0 Å². The zero-order valence-electron chi connectivity index (χ0n) is 8.23. The Hall–Kier alpha value is -1.51. The van der Waals surface area contributed by atoms with E-state index in [2.05, 4.69) is 12.2 Å². The number of para-hydroxylation sites is 1. The highest BCUT2D eigenvalue weighted by atomic mass is 16.4. The first-order valence-corrected chi connectivity index (χ1v) is 4.75. The van der Waals surface area contributed by atoms with E-state index in [9.17, 15) is 4.79 Å². The molecule has 0 unspecified atom stereocenters. The monoisotopic (exact) mass is 192 g/mol. The molecular formula is C11H14NO2. The molecule has 0 fully saturated rings. The number of carbonyl (C=O) groups is 1. The van der Waals surface area contributed by atoms with Crippen LogP contribution in [-0.4, -0.2) is 17.6 Å². The zero-order valence-corrected chi connectivity index (χ0v) is 8.23. The second-order valence-corrected chi connectivity index (χ2v) is 3.06. The lowest BCUT2D eigenvalue weighted by atomic mass is 10.2. The number of benzene rings is 1. The fourth-order valence-corrected chi connectivity index (χ4v) is 1.15. The van der Waals surface area contributed by atoms with Crippen molar-refractivity contribution < 1.29 is 9.90 Å². The number of rotatable bonds is 5. The summed E-state index contributed by atoms with van der Waals surface area (Å²) in [5, 5.41) is 13.1. The highest BCUT2D eigenvalue weighted by molar-refractivity contribution is 5.93. The molecule has 0 atom stereocenters. The first-order valence-electron chi connectivity index (χ1n) is 4.75. The maximum absolute atomic E-state index is 10.8. The summed E-state index contributed by atoms with van der Waals surface area (Å²) in [6.07, 6.45) is 2.06. The fourth-order valence-electron chi connectivity index (χ4n) is 1.15. The van der Waals surface area contributed by atoms with Gasteiger partial charge in [0.15, 0.2) is 0 Å². The third-order valence-electron chi connectivity index (χ3n) is 1.93. The minimum absolute atomic E-state index is 0.281. The number of carboxylic acid groups (broad SMARTS) is 1. The van der Waals surface area contributed by atoms with Gasteiger partial charge >= 0.3 is 5.97 Å². The van der Waals surface area contributed by atoms with Gasteiger partial charge in [-0.3, -0.25) is 5.32 Å². The number of nitrogens with zero attached hydrogens (tertiary/aromatic N) is 1. The molecule has 1 aromatic rings. The minimum atomic E-state index is -0.916. The Labute approximate surface area is 83.8 Å². The summed E-state index contributed by atoms with van der Waals surface area (Å²) in [4.78, 5) is 10.8. The van der Waals surface area contributed by atoms with Gasteiger partial charge in [0, 0.05) is 6.54 Å². The van der Waals surface area contributed by atoms with Gasteiger partial charge in [-0.1, -0.05) is 25.5 Å². The Bertz CT molecular complexity index is 310. The molecule has 0 saturated carbocycles. The average molecular weight is 192 g/mol. The van der Waals surface area contributed by atoms with Crippen LogP contribution in [0.3, 0.4) is 0 Å². The highest BCUT2D eigenvalue weighted by Gasteiger charge is 2.08. The lowest BCUT2D eigenvalue weighted by molar-refractivity contribution is 0.0697. The number of aromatic carboxylic acids is 1. The van der Waals surface area contributed by atoms with Crippen molar-refractivity contribution in [2.45, 2.75) is 19.8 Å². The normalized spacial score (nSPS) is 9.79. The van der Waals surface area contributed by atoms with Gasteiger partial charge in [-0.05, 0) is 18.6 Å². The van der Waals surface area contributed by atoms with E-state index in [1.165, 1.54) is 0 Å². The predicted octanol–water partition coefficient (Wildman–Crippen LogP) is 2.42. The van der Waals surface area contributed by atoms with E-state index in [1.807, 2.05) is 0 Å². The molecule has 0 spiro atoms. The fraction of sp³-hybridized carbons (Fsp3) is 0.364. The van der Waals surface area contributed by atoms with Crippen LogP contribution < -0.4 is 5.32 Å². The summed E-state index contributed by atoms with van der Waals surface area (Å²) in [6, 6.07) is 6.83. The van der Waals surface area contributed by atoms with Crippen LogP contribution in [0.5, 0.6) is 0 Å². The molecule has 1 N–H and O–H groups in total. The number of hydrogen-bond acceptors (Lipinski definition) is 1. The van der Waals surface area contributed by atoms with E-state index in [4.69, 9.17) is 5.11 Å². The Morgan fingerprint density at radius 3 is 2.79 bits per heavy atom. The van der Waals surface area contributed by atoms with E-state index in [0.29, 0.717) is 12.2 Å². The van der Waals surface area contributed by atoms with Gasteiger partial charge in [0.1, 0.15) is 0 Å². The van der Waals surface area contributed by atoms with E-state index >= 15 is 0 Å². The van der Waals surface area contributed by atoms with Gasteiger partial charge in [-0.2, -0.15) is 0 Å². The van der Waals surface area contributed by atoms with Crippen LogP contribution in [0.25, 0.3) is 0 Å². The molecule has 0 saturated heterocycles. The van der Waals surface area contributed by atoms with E-state index < -0.39 is 5.97 Å². The van der Waals surface area contributed by atoms with E-state index in [-0.39, 0.29) is 5.56 Å². The average Bonchev–Trinajstić information content (AvgIpc) is 2.19. The lowest BCUT2D eigenvalue weighted by Crippen LogP contribution is -2.06. The second kappa shape index (κ2) is 5.27. The van der Waals surface area contributed by atoms with Gasteiger partial charge in [-0.15, -0.1) is 0 Å². The minimum Gasteiger partial charge on any atom is -0.478 e. The van der Waals surface area contributed by atoms with Crippen molar-refractivity contribution in [2.24, 2.45) is 0 Å². The molecule has 0 aliphatic heterocycles. The van der Waals surface area contributed by atoms with E-state index in [0.717, 1.165) is 12.8 Å². The van der Waals surface area contributed by atoms with Crippen molar-refractivity contribution in [1.82, 2.24) is 5.32 Å². The maximum atomic E-state index is 10.8. The maximum Gasteiger partial charge on any atom is 0.337 e. The SMILES string of the molecule is CCCC[N]c1ccccc1C(=O)O. The molecule has 1 aromatic carbocycles. The van der Waals surface area contributed by atoms with Crippen LogP contribution in [0.15, 0.2) is 24.3 Å². The predicted molar refractivity (Wildman–Crippen MR) is 55.0 cm³/mol. The van der Waals surface area contributed by atoms with Crippen molar-refractivity contribution in [3.63, 3.8) is 0 Å². The van der Waals surface area contributed by atoms with Gasteiger partial charge in [-0.25, -0.2) is 4.79 Å². The van der Waals surface area contributed by atoms with Crippen LogP contribution >= 0.6 is 0 Å². The van der Waals surface area contributed by atoms with Crippen molar-refractivity contribution in [3.8, 4) is 0 Å². The Morgan fingerprint density at radius 1 is 1.43 bits per heavy atom. The molecule has 14 heavy (non-hydrogen) atoms. The topological polar surface area (TPSA) is 51.4 Å². The third kappa shape index (κ3) is 2.76. The third-order valence-corrected chi connectivity index (χ3v) is 1.93. The molecule has 0 aromatic heterocycles. The quantitative estimate of drug-likeness (QED) is 0.728. The van der Waals surface area contributed by atoms with Crippen LogP contribution in [0.4, 0.5) is 5.69 Å².